The number of pyridine rings is 1. The van der Waals surface area contributed by atoms with Gasteiger partial charge in [-0.2, -0.15) is 4.79 Å². The zero-order chi connectivity index (χ0) is 9.42. The third-order valence-electron chi connectivity index (χ3n) is 2.04. The summed E-state index contributed by atoms with van der Waals surface area (Å²) in [6.45, 7) is 1.76. The molecule has 2 aromatic heterocycles. The van der Waals surface area contributed by atoms with E-state index in [2.05, 4.69) is 4.98 Å². The highest BCUT2D eigenvalue weighted by molar-refractivity contribution is 7.98. The zero-order valence-electron chi connectivity index (χ0n) is 7.41. The molecule has 0 aliphatic carbocycles. The second kappa shape index (κ2) is 3.03. The van der Waals surface area contributed by atoms with Gasteiger partial charge in [0.05, 0.1) is 10.6 Å². The second-order valence-electron chi connectivity index (χ2n) is 2.77. The van der Waals surface area contributed by atoms with Crippen LogP contribution in [0.3, 0.4) is 0 Å². The van der Waals surface area contributed by atoms with Crippen LogP contribution >= 0.6 is 11.8 Å². The van der Waals surface area contributed by atoms with Crippen molar-refractivity contribution >= 4 is 22.8 Å². The van der Waals surface area contributed by atoms with Crippen LogP contribution < -0.4 is 0 Å². The van der Waals surface area contributed by atoms with E-state index < -0.39 is 0 Å². The van der Waals surface area contributed by atoms with Crippen LogP contribution in [0.1, 0.15) is 5.69 Å². The summed E-state index contributed by atoms with van der Waals surface area (Å²) in [5.74, 6) is 0. The van der Waals surface area contributed by atoms with E-state index in [4.69, 9.17) is 0 Å². The Morgan fingerprint density at radius 3 is 3.00 bits per heavy atom. The van der Waals surface area contributed by atoms with E-state index in [-0.39, 0.29) is 0 Å². The second-order valence-corrected chi connectivity index (χ2v) is 3.59. The molecule has 0 radical (unpaired) electrons. The van der Waals surface area contributed by atoms with E-state index in [1.165, 1.54) is 11.8 Å². The highest BCUT2D eigenvalue weighted by Crippen LogP contribution is 2.30. The predicted octanol–water partition coefficient (Wildman–Crippen LogP) is 2.80. The number of hydrogen-bond donors (Lipinski definition) is 0. The van der Waals surface area contributed by atoms with Gasteiger partial charge in [-0.3, -0.25) is 4.98 Å². The van der Waals surface area contributed by atoms with Crippen molar-refractivity contribution in [3.05, 3.63) is 24.0 Å². The number of nitrogens with zero attached hydrogens (tertiary/aromatic N) is 2. The normalized spacial score (nSPS) is 11.0. The predicted molar refractivity (Wildman–Crippen MR) is 52.8 cm³/mol. The molecule has 0 fully saturated rings. The molecule has 0 atom stereocenters. The molecule has 68 valence electrons. The van der Waals surface area contributed by atoms with E-state index in [1.54, 1.807) is 25.3 Å². The van der Waals surface area contributed by atoms with Gasteiger partial charge in [0.25, 0.3) is 0 Å². The summed E-state index contributed by atoms with van der Waals surface area (Å²) >= 11 is 1.52. The van der Waals surface area contributed by atoms with Crippen LogP contribution in [0.5, 0.6) is 0 Å². The Bertz CT molecular complexity index is 450. The lowest BCUT2D eigenvalue weighted by molar-refractivity contribution is 0.375. The summed E-state index contributed by atoms with van der Waals surface area (Å²) in [6.07, 6.45) is 3.61. The summed E-state index contributed by atoms with van der Waals surface area (Å²) in [6, 6.07) is 3.47. The molecule has 0 spiro atoms. The molecular formula is C9H9FN2S. The fourth-order valence-corrected chi connectivity index (χ4v) is 2.14. The topological polar surface area (TPSA) is 17.8 Å². The molecule has 0 aliphatic rings. The minimum absolute atomic E-state index is 0.546. The number of hydrogen-bond acceptors (Lipinski definition) is 2. The quantitative estimate of drug-likeness (QED) is 0.653. The minimum Gasteiger partial charge on any atom is -0.253 e. The minimum atomic E-state index is 0.546. The molecule has 0 amide bonds. The largest absolute Gasteiger partial charge is 0.253 e. The Morgan fingerprint density at radius 1 is 1.54 bits per heavy atom. The number of rotatable bonds is 1. The smallest absolute Gasteiger partial charge is 0.105 e. The van der Waals surface area contributed by atoms with E-state index in [0.29, 0.717) is 16.0 Å². The lowest BCUT2D eigenvalue weighted by Crippen LogP contribution is -1.83. The fraction of sp³-hybridized carbons (Fsp3) is 0.222. The van der Waals surface area contributed by atoms with Crippen molar-refractivity contribution in [3.63, 3.8) is 0 Å². The van der Waals surface area contributed by atoms with Crippen LogP contribution in [0, 0.1) is 6.92 Å². The Kier molecular flexibility index (Phi) is 2.00. The molecule has 0 aromatic carbocycles. The molecule has 4 heteroatoms. The van der Waals surface area contributed by atoms with Crippen LogP contribution in [0.4, 0.5) is 4.48 Å². The number of aromatic nitrogens is 2. The summed E-state index contributed by atoms with van der Waals surface area (Å²) < 4.78 is 13.5. The fourth-order valence-electron chi connectivity index (χ4n) is 1.42. The van der Waals surface area contributed by atoms with Crippen LogP contribution in [0.15, 0.2) is 23.2 Å². The summed E-state index contributed by atoms with van der Waals surface area (Å²) in [5, 5.41) is 0. The highest BCUT2D eigenvalue weighted by Gasteiger charge is 2.13. The number of thioether (sulfide) groups is 1. The van der Waals surface area contributed by atoms with Gasteiger partial charge in [0.2, 0.25) is 0 Å². The zero-order valence-corrected chi connectivity index (χ0v) is 8.23. The third-order valence-corrected chi connectivity index (χ3v) is 2.94. The Morgan fingerprint density at radius 2 is 2.31 bits per heavy atom. The number of fused-ring (bicyclic) bond motifs is 1. The molecule has 2 rings (SSSR count). The van der Waals surface area contributed by atoms with Crippen molar-refractivity contribution in [1.82, 2.24) is 9.77 Å². The Hall–Kier alpha value is -1.03. The molecule has 2 aromatic rings. The summed E-state index contributed by atoms with van der Waals surface area (Å²) in [7, 11) is 0. The maximum absolute atomic E-state index is 13.5. The van der Waals surface area contributed by atoms with Crippen molar-refractivity contribution in [2.45, 2.75) is 11.8 Å². The van der Waals surface area contributed by atoms with Gasteiger partial charge < -0.3 is 0 Å². The summed E-state index contributed by atoms with van der Waals surface area (Å²) in [5.41, 5.74) is 1.92. The van der Waals surface area contributed by atoms with Crippen molar-refractivity contribution in [2.24, 2.45) is 0 Å². The van der Waals surface area contributed by atoms with E-state index in [9.17, 15) is 4.48 Å². The molecule has 0 saturated heterocycles. The highest BCUT2D eigenvalue weighted by atomic mass is 32.2. The van der Waals surface area contributed by atoms with Crippen molar-refractivity contribution in [1.29, 1.82) is 0 Å². The molecule has 2 nitrogen and oxygen atoms in total. The van der Waals surface area contributed by atoms with Gasteiger partial charge in [-0.1, -0.05) is 4.48 Å². The van der Waals surface area contributed by atoms with Crippen LogP contribution in [0.25, 0.3) is 11.0 Å². The third kappa shape index (κ3) is 1.13. The Balaban J connectivity index is 2.90. The molecular weight excluding hydrogens is 187 g/mol. The maximum Gasteiger partial charge on any atom is 0.105 e. The van der Waals surface area contributed by atoms with Crippen molar-refractivity contribution in [2.75, 3.05) is 6.26 Å². The lowest BCUT2D eigenvalue weighted by Gasteiger charge is -1.92. The molecule has 0 N–H and O–H groups in total. The first-order valence-electron chi connectivity index (χ1n) is 3.92. The first kappa shape index (κ1) is 8.56. The molecule has 0 saturated carbocycles. The molecule has 0 bridgehead atoms. The van der Waals surface area contributed by atoms with Crippen molar-refractivity contribution < 1.29 is 4.48 Å². The van der Waals surface area contributed by atoms with Gasteiger partial charge in [0, 0.05) is 6.20 Å². The molecule has 13 heavy (non-hydrogen) atoms. The Labute approximate surface area is 79.7 Å². The standard InChI is InChI=1S/C9H9FN2S/c1-6-9(13-2)8-7(12(6)10)4-3-5-11-8/h3-5H,1-2H3. The SMILES string of the molecule is CSc1c(C)n(F)c2cccnc12. The van der Waals surface area contributed by atoms with Crippen LogP contribution in [-0.4, -0.2) is 16.0 Å². The van der Waals surface area contributed by atoms with Gasteiger partial charge in [0.1, 0.15) is 11.0 Å². The van der Waals surface area contributed by atoms with Gasteiger partial charge >= 0.3 is 0 Å². The maximum atomic E-state index is 13.5. The average molecular weight is 196 g/mol. The van der Waals surface area contributed by atoms with Crippen molar-refractivity contribution in [3.8, 4) is 0 Å². The lowest BCUT2D eigenvalue weighted by atomic mass is 10.4. The first-order chi connectivity index (χ1) is 6.25. The van der Waals surface area contributed by atoms with E-state index >= 15 is 0 Å². The van der Waals surface area contributed by atoms with Gasteiger partial charge in [-0.15, -0.1) is 11.8 Å². The van der Waals surface area contributed by atoms with Gasteiger partial charge in [-0.25, -0.2) is 0 Å². The monoisotopic (exact) mass is 196 g/mol. The van der Waals surface area contributed by atoms with Gasteiger partial charge in [0.15, 0.2) is 0 Å². The van der Waals surface area contributed by atoms with E-state index in [0.717, 1.165) is 10.4 Å². The summed E-state index contributed by atoms with van der Waals surface area (Å²) in [4.78, 5) is 5.76. The van der Waals surface area contributed by atoms with Gasteiger partial charge in [-0.05, 0) is 25.3 Å². The molecule has 2 heterocycles. The van der Waals surface area contributed by atoms with Crippen LogP contribution in [0.2, 0.25) is 0 Å². The average Bonchev–Trinajstić information content (AvgIpc) is 2.41. The number of halogens is 1. The van der Waals surface area contributed by atoms with Crippen LogP contribution in [-0.2, 0) is 0 Å². The molecule has 0 unspecified atom stereocenters. The molecule has 0 aliphatic heterocycles. The van der Waals surface area contributed by atoms with E-state index in [1.807, 2.05) is 6.26 Å². The first-order valence-corrected chi connectivity index (χ1v) is 5.14.